The predicted octanol–water partition coefficient (Wildman–Crippen LogP) is 1.71. The van der Waals surface area contributed by atoms with Gasteiger partial charge in [0.05, 0.1) is 13.0 Å². The summed E-state index contributed by atoms with van der Waals surface area (Å²) in [6, 6.07) is 6.69. The van der Waals surface area contributed by atoms with E-state index in [0.29, 0.717) is 23.9 Å². The van der Waals surface area contributed by atoms with Crippen LogP contribution in [-0.4, -0.2) is 54.2 Å². The summed E-state index contributed by atoms with van der Waals surface area (Å²) in [7, 11) is 1.60. The third kappa shape index (κ3) is 3.61. The minimum Gasteiger partial charge on any atom is -0.497 e. The number of benzene rings is 1. The van der Waals surface area contributed by atoms with E-state index in [1.165, 1.54) is 0 Å². The molecule has 2 amide bonds. The van der Waals surface area contributed by atoms with E-state index in [1.807, 2.05) is 0 Å². The molecule has 23 heavy (non-hydrogen) atoms. The van der Waals surface area contributed by atoms with Gasteiger partial charge in [0.1, 0.15) is 17.9 Å². The fourth-order valence-corrected chi connectivity index (χ4v) is 3.90. The Morgan fingerprint density at radius 2 is 2.13 bits per heavy atom. The normalized spacial score (nSPS) is 23.8. The van der Waals surface area contributed by atoms with E-state index >= 15 is 0 Å². The van der Waals surface area contributed by atoms with Crippen LogP contribution in [0.5, 0.6) is 5.75 Å². The van der Waals surface area contributed by atoms with Crippen molar-refractivity contribution in [3.63, 3.8) is 0 Å². The van der Waals surface area contributed by atoms with Crippen molar-refractivity contribution in [2.45, 2.75) is 25.0 Å². The second kappa shape index (κ2) is 7.23. The van der Waals surface area contributed by atoms with Gasteiger partial charge < -0.3 is 19.7 Å². The molecule has 2 aliphatic heterocycles. The van der Waals surface area contributed by atoms with E-state index in [9.17, 15) is 9.59 Å². The van der Waals surface area contributed by atoms with Crippen molar-refractivity contribution >= 4 is 29.3 Å². The van der Waals surface area contributed by atoms with Gasteiger partial charge in [-0.2, -0.15) is 0 Å². The van der Waals surface area contributed by atoms with Crippen molar-refractivity contribution in [3.05, 3.63) is 24.3 Å². The number of carbonyl (C=O) groups excluding carboxylic acids is 2. The number of thioether (sulfide) groups is 1. The Labute approximate surface area is 139 Å². The number of ether oxygens (including phenoxy) is 2. The summed E-state index contributed by atoms with van der Waals surface area (Å²) in [5.74, 6) is 1.66. The lowest BCUT2D eigenvalue weighted by molar-refractivity contribution is -0.144. The van der Waals surface area contributed by atoms with Gasteiger partial charge in [0, 0.05) is 18.0 Å². The highest BCUT2D eigenvalue weighted by Gasteiger charge is 2.38. The van der Waals surface area contributed by atoms with Crippen LogP contribution in [0, 0.1) is 0 Å². The molecule has 2 saturated heterocycles. The molecule has 2 atom stereocenters. The summed E-state index contributed by atoms with van der Waals surface area (Å²) < 4.78 is 10.5. The Kier molecular flexibility index (Phi) is 5.07. The first-order valence-electron chi connectivity index (χ1n) is 7.64. The molecular weight excluding hydrogens is 316 g/mol. The quantitative estimate of drug-likeness (QED) is 0.907. The highest BCUT2D eigenvalue weighted by molar-refractivity contribution is 7.99. The second-order valence-electron chi connectivity index (χ2n) is 5.54. The van der Waals surface area contributed by atoms with Crippen LogP contribution in [0.25, 0.3) is 0 Å². The van der Waals surface area contributed by atoms with E-state index in [-0.39, 0.29) is 17.9 Å². The smallest absolute Gasteiger partial charge is 0.253 e. The summed E-state index contributed by atoms with van der Waals surface area (Å²) in [6.45, 7) is 0.625. The van der Waals surface area contributed by atoms with E-state index < -0.39 is 6.04 Å². The molecule has 3 rings (SSSR count). The maximum absolute atomic E-state index is 12.5. The van der Waals surface area contributed by atoms with Crippen LogP contribution >= 0.6 is 11.8 Å². The first kappa shape index (κ1) is 16.1. The zero-order valence-electron chi connectivity index (χ0n) is 13.0. The summed E-state index contributed by atoms with van der Waals surface area (Å²) in [5, 5.41) is 2.87. The van der Waals surface area contributed by atoms with Crippen molar-refractivity contribution in [2.75, 3.05) is 30.7 Å². The van der Waals surface area contributed by atoms with Gasteiger partial charge in [-0.1, -0.05) is 0 Å². The van der Waals surface area contributed by atoms with E-state index in [0.717, 1.165) is 18.6 Å². The molecule has 0 saturated carbocycles. The molecule has 0 spiro atoms. The standard InChI is InChI=1S/C16H20N2O4S/c1-21-12-6-4-11(5-7-12)17-15(19)13-9-23-10-18(13)16(20)14-3-2-8-22-14/h4-7,13-14H,2-3,8-10H2,1H3,(H,17,19)/t13-,14-/m1/s1. The van der Waals surface area contributed by atoms with Crippen molar-refractivity contribution in [1.29, 1.82) is 0 Å². The van der Waals surface area contributed by atoms with Crippen LogP contribution in [0.15, 0.2) is 24.3 Å². The molecule has 1 aromatic carbocycles. The van der Waals surface area contributed by atoms with Crippen LogP contribution in [-0.2, 0) is 14.3 Å². The molecular formula is C16H20N2O4S. The average molecular weight is 336 g/mol. The Balaban J connectivity index is 1.64. The maximum Gasteiger partial charge on any atom is 0.253 e. The maximum atomic E-state index is 12.5. The molecule has 2 heterocycles. The van der Waals surface area contributed by atoms with Gasteiger partial charge in [-0.3, -0.25) is 9.59 Å². The van der Waals surface area contributed by atoms with Crippen molar-refractivity contribution < 1.29 is 19.1 Å². The molecule has 0 aliphatic carbocycles. The summed E-state index contributed by atoms with van der Waals surface area (Å²) in [5.41, 5.74) is 0.692. The molecule has 0 bridgehead atoms. The first-order valence-corrected chi connectivity index (χ1v) is 8.79. The van der Waals surface area contributed by atoms with Crippen LogP contribution in [0.1, 0.15) is 12.8 Å². The molecule has 2 aliphatic rings. The number of amides is 2. The highest BCUT2D eigenvalue weighted by Crippen LogP contribution is 2.26. The van der Waals surface area contributed by atoms with Gasteiger partial charge in [-0.25, -0.2) is 0 Å². The third-order valence-electron chi connectivity index (χ3n) is 4.03. The first-order chi connectivity index (χ1) is 11.2. The largest absolute Gasteiger partial charge is 0.497 e. The van der Waals surface area contributed by atoms with Gasteiger partial charge in [-0.15, -0.1) is 11.8 Å². The van der Waals surface area contributed by atoms with Gasteiger partial charge in [0.15, 0.2) is 0 Å². The van der Waals surface area contributed by atoms with Crippen molar-refractivity contribution in [2.24, 2.45) is 0 Å². The Morgan fingerprint density at radius 1 is 1.35 bits per heavy atom. The molecule has 0 unspecified atom stereocenters. The predicted molar refractivity (Wildman–Crippen MR) is 88.6 cm³/mol. The number of nitrogens with one attached hydrogen (secondary N) is 1. The summed E-state index contributed by atoms with van der Waals surface area (Å²) in [4.78, 5) is 26.6. The van der Waals surface area contributed by atoms with Crippen LogP contribution in [0.2, 0.25) is 0 Å². The molecule has 2 fully saturated rings. The Morgan fingerprint density at radius 3 is 2.78 bits per heavy atom. The number of hydrogen-bond donors (Lipinski definition) is 1. The fourth-order valence-electron chi connectivity index (χ4n) is 2.73. The Bertz CT molecular complexity index is 572. The average Bonchev–Trinajstić information content (AvgIpc) is 3.26. The Hall–Kier alpha value is -1.73. The number of hydrogen-bond acceptors (Lipinski definition) is 5. The molecule has 1 aromatic rings. The van der Waals surface area contributed by atoms with Gasteiger partial charge >= 0.3 is 0 Å². The SMILES string of the molecule is COc1ccc(NC(=O)[C@H]2CSCN2C(=O)[C@H]2CCCO2)cc1. The molecule has 1 N–H and O–H groups in total. The summed E-state index contributed by atoms with van der Waals surface area (Å²) in [6.07, 6.45) is 1.26. The van der Waals surface area contributed by atoms with E-state index in [2.05, 4.69) is 5.32 Å². The van der Waals surface area contributed by atoms with E-state index in [1.54, 1.807) is 48.0 Å². The number of rotatable bonds is 4. The fraction of sp³-hybridized carbons (Fsp3) is 0.500. The minimum atomic E-state index is -0.446. The van der Waals surface area contributed by atoms with Crippen LogP contribution in [0.4, 0.5) is 5.69 Å². The summed E-state index contributed by atoms with van der Waals surface area (Å²) >= 11 is 1.59. The number of anilines is 1. The lowest BCUT2D eigenvalue weighted by atomic mass is 10.2. The zero-order chi connectivity index (χ0) is 16.2. The van der Waals surface area contributed by atoms with Crippen LogP contribution in [0.3, 0.4) is 0 Å². The second-order valence-corrected chi connectivity index (χ2v) is 6.54. The van der Waals surface area contributed by atoms with Gasteiger partial charge in [-0.05, 0) is 37.1 Å². The number of carbonyl (C=O) groups is 2. The van der Waals surface area contributed by atoms with Crippen molar-refractivity contribution in [1.82, 2.24) is 4.90 Å². The molecule has 6 nitrogen and oxygen atoms in total. The molecule has 0 aromatic heterocycles. The van der Waals surface area contributed by atoms with Gasteiger partial charge in [0.25, 0.3) is 5.91 Å². The van der Waals surface area contributed by atoms with Crippen molar-refractivity contribution in [3.8, 4) is 5.75 Å². The van der Waals surface area contributed by atoms with E-state index in [4.69, 9.17) is 9.47 Å². The topological polar surface area (TPSA) is 67.9 Å². The zero-order valence-corrected chi connectivity index (χ0v) is 13.8. The lowest BCUT2D eigenvalue weighted by Crippen LogP contribution is -2.48. The number of methoxy groups -OCH3 is 1. The molecule has 0 radical (unpaired) electrons. The molecule has 124 valence electrons. The van der Waals surface area contributed by atoms with Gasteiger partial charge in [0.2, 0.25) is 5.91 Å². The monoisotopic (exact) mass is 336 g/mol. The highest BCUT2D eigenvalue weighted by atomic mass is 32.2. The van der Waals surface area contributed by atoms with Crippen LogP contribution < -0.4 is 10.1 Å². The lowest BCUT2D eigenvalue weighted by Gasteiger charge is -2.25. The minimum absolute atomic E-state index is 0.0672. The molecule has 7 heteroatoms. The third-order valence-corrected chi connectivity index (χ3v) is 5.04. The number of nitrogens with zero attached hydrogens (tertiary/aromatic N) is 1.